The van der Waals surface area contributed by atoms with Crippen LogP contribution in [0.3, 0.4) is 0 Å². The number of nitrogens with zero attached hydrogens (tertiary/aromatic N) is 1. The van der Waals surface area contributed by atoms with Crippen molar-refractivity contribution in [3.63, 3.8) is 0 Å². The predicted octanol–water partition coefficient (Wildman–Crippen LogP) is 15.4. The maximum absolute atomic E-state index is 2.53. The predicted molar refractivity (Wildman–Crippen MR) is 246 cm³/mol. The van der Waals surface area contributed by atoms with Gasteiger partial charge in [0, 0.05) is 17.1 Å². The topological polar surface area (TPSA) is 3.24 Å². The number of rotatable bonds is 5. The van der Waals surface area contributed by atoms with Gasteiger partial charge in [-0.1, -0.05) is 193 Å². The molecular weight excluding hydrogens is 699 g/mol. The van der Waals surface area contributed by atoms with Crippen molar-refractivity contribution in [1.29, 1.82) is 0 Å². The van der Waals surface area contributed by atoms with Crippen molar-refractivity contribution < 1.29 is 0 Å². The molecule has 0 aromatic heterocycles. The molecule has 282 valence electrons. The Morgan fingerprint density at radius 1 is 0.310 bits per heavy atom. The Kier molecular flexibility index (Phi) is 8.25. The van der Waals surface area contributed by atoms with Crippen molar-refractivity contribution in [2.75, 3.05) is 4.90 Å². The zero-order valence-corrected chi connectivity index (χ0v) is 34.3. The molecule has 0 heterocycles. The van der Waals surface area contributed by atoms with Crippen molar-refractivity contribution in [2.45, 2.75) is 57.8 Å². The van der Waals surface area contributed by atoms with E-state index in [9.17, 15) is 0 Å². The Bertz CT molecular complexity index is 2770. The zero-order valence-electron chi connectivity index (χ0n) is 34.3. The highest BCUT2D eigenvalue weighted by atomic mass is 15.1. The SMILES string of the molecule is CC(C)(C)c1ccc2c(c1)C1(c3ccccc3-c3cc(N(c4ccc(-c5ccccc5)cc4)c4cccc(-c5ccccc5)c4)ccc31)c1cc(C(C)(C)C)ccc1-2. The van der Waals surface area contributed by atoms with Crippen molar-refractivity contribution in [3.05, 3.63) is 221 Å². The minimum Gasteiger partial charge on any atom is -0.310 e. The van der Waals surface area contributed by atoms with Crippen LogP contribution < -0.4 is 4.90 Å². The van der Waals surface area contributed by atoms with Gasteiger partial charge >= 0.3 is 0 Å². The summed E-state index contributed by atoms with van der Waals surface area (Å²) in [4.78, 5) is 2.43. The quantitative estimate of drug-likeness (QED) is 0.169. The number of hydrogen-bond donors (Lipinski definition) is 0. The monoisotopic (exact) mass is 747 g/mol. The van der Waals surface area contributed by atoms with E-state index in [1.54, 1.807) is 0 Å². The molecule has 1 spiro atoms. The molecule has 0 bridgehead atoms. The third kappa shape index (κ3) is 5.67. The van der Waals surface area contributed by atoms with E-state index in [2.05, 4.69) is 234 Å². The fourth-order valence-corrected chi connectivity index (χ4v) is 9.58. The summed E-state index contributed by atoms with van der Waals surface area (Å²) in [6, 6.07) is 70.4. The second-order valence-corrected chi connectivity index (χ2v) is 18.2. The molecular formula is C57H49N. The van der Waals surface area contributed by atoms with Gasteiger partial charge in [0.15, 0.2) is 0 Å². The van der Waals surface area contributed by atoms with Gasteiger partial charge in [0.1, 0.15) is 0 Å². The van der Waals surface area contributed by atoms with Gasteiger partial charge in [-0.2, -0.15) is 0 Å². The summed E-state index contributed by atoms with van der Waals surface area (Å²) < 4.78 is 0. The van der Waals surface area contributed by atoms with Crippen molar-refractivity contribution in [3.8, 4) is 44.5 Å². The van der Waals surface area contributed by atoms with Crippen molar-refractivity contribution in [2.24, 2.45) is 0 Å². The molecule has 0 saturated heterocycles. The van der Waals surface area contributed by atoms with Crippen LogP contribution in [0.1, 0.15) is 74.9 Å². The van der Waals surface area contributed by atoms with E-state index in [0.29, 0.717) is 0 Å². The molecule has 2 aliphatic carbocycles. The smallest absolute Gasteiger partial charge is 0.0725 e. The molecule has 0 N–H and O–H groups in total. The summed E-state index contributed by atoms with van der Waals surface area (Å²) in [7, 11) is 0. The average molecular weight is 748 g/mol. The molecule has 0 unspecified atom stereocenters. The summed E-state index contributed by atoms with van der Waals surface area (Å²) in [5.74, 6) is 0. The first-order valence-electron chi connectivity index (χ1n) is 20.7. The van der Waals surface area contributed by atoms with Crippen LogP contribution in [0.15, 0.2) is 188 Å². The summed E-state index contributed by atoms with van der Waals surface area (Å²) in [6.45, 7) is 14.0. The average Bonchev–Trinajstić information content (AvgIpc) is 3.70. The fraction of sp³-hybridized carbons (Fsp3) is 0.158. The molecule has 0 aliphatic heterocycles. The lowest BCUT2D eigenvalue weighted by molar-refractivity contribution is 0.586. The minimum atomic E-state index is -0.437. The Hall–Kier alpha value is -6.44. The van der Waals surface area contributed by atoms with Crippen LogP contribution >= 0.6 is 0 Å². The van der Waals surface area contributed by atoms with E-state index >= 15 is 0 Å². The van der Waals surface area contributed by atoms with Gasteiger partial charge in [-0.25, -0.2) is 0 Å². The molecule has 8 aromatic carbocycles. The van der Waals surface area contributed by atoms with Crippen LogP contribution in [-0.2, 0) is 16.2 Å². The lowest BCUT2D eigenvalue weighted by Gasteiger charge is -2.33. The highest BCUT2D eigenvalue weighted by Crippen LogP contribution is 2.64. The van der Waals surface area contributed by atoms with E-state index in [-0.39, 0.29) is 10.8 Å². The van der Waals surface area contributed by atoms with Crippen molar-refractivity contribution in [1.82, 2.24) is 0 Å². The Morgan fingerprint density at radius 3 is 1.38 bits per heavy atom. The van der Waals surface area contributed by atoms with Crippen LogP contribution in [0, 0.1) is 0 Å². The van der Waals surface area contributed by atoms with Crippen molar-refractivity contribution >= 4 is 17.1 Å². The van der Waals surface area contributed by atoms with Gasteiger partial charge in [-0.05, 0) is 125 Å². The van der Waals surface area contributed by atoms with E-state index in [1.165, 1.54) is 77.9 Å². The fourth-order valence-electron chi connectivity index (χ4n) is 9.58. The highest BCUT2D eigenvalue weighted by molar-refractivity contribution is 5.97. The number of anilines is 3. The summed E-state index contributed by atoms with van der Waals surface area (Å²) in [6.07, 6.45) is 0. The molecule has 0 amide bonds. The van der Waals surface area contributed by atoms with E-state index in [1.807, 2.05) is 0 Å². The van der Waals surface area contributed by atoms with Gasteiger partial charge in [-0.3, -0.25) is 0 Å². The van der Waals surface area contributed by atoms with Crippen LogP contribution in [0.5, 0.6) is 0 Å². The van der Waals surface area contributed by atoms with Gasteiger partial charge < -0.3 is 4.90 Å². The van der Waals surface area contributed by atoms with E-state index in [4.69, 9.17) is 0 Å². The third-order valence-corrected chi connectivity index (χ3v) is 12.6. The molecule has 10 rings (SSSR count). The van der Waals surface area contributed by atoms with Crippen LogP contribution in [0.4, 0.5) is 17.1 Å². The largest absolute Gasteiger partial charge is 0.310 e. The molecule has 0 radical (unpaired) electrons. The Labute approximate surface area is 344 Å². The van der Waals surface area contributed by atoms with Crippen LogP contribution in [-0.4, -0.2) is 0 Å². The molecule has 0 fully saturated rings. The van der Waals surface area contributed by atoms with Gasteiger partial charge in [0.25, 0.3) is 0 Å². The molecule has 8 aromatic rings. The summed E-state index contributed by atoms with van der Waals surface area (Å²) >= 11 is 0. The first-order valence-corrected chi connectivity index (χ1v) is 20.7. The molecule has 58 heavy (non-hydrogen) atoms. The molecule has 0 atom stereocenters. The second-order valence-electron chi connectivity index (χ2n) is 18.2. The minimum absolute atomic E-state index is 0.0111. The highest BCUT2D eigenvalue weighted by Gasteiger charge is 2.52. The van der Waals surface area contributed by atoms with Crippen LogP contribution in [0.25, 0.3) is 44.5 Å². The summed E-state index contributed by atoms with van der Waals surface area (Å²) in [5, 5.41) is 0. The molecule has 0 saturated carbocycles. The molecule has 2 aliphatic rings. The first kappa shape index (κ1) is 35.9. The standard InChI is InChI=1S/C57H49N/c1-55(2,3)42-26-31-48-49-32-27-43(56(4,5)6)36-54(49)57(53(48)35-42)51-23-14-13-22-47(51)50-37-46(30-33-52(50)57)58(44-28-24-40(25-29-44)38-16-9-7-10-17-38)45-21-15-20-41(34-45)39-18-11-8-12-19-39/h7-37H,1-6H3. The third-order valence-electron chi connectivity index (χ3n) is 12.6. The maximum Gasteiger partial charge on any atom is 0.0725 e. The summed E-state index contributed by atoms with van der Waals surface area (Å²) in [5.41, 5.74) is 21.3. The van der Waals surface area contributed by atoms with Crippen LogP contribution in [0.2, 0.25) is 0 Å². The number of fused-ring (bicyclic) bond motifs is 10. The Morgan fingerprint density at radius 2 is 0.776 bits per heavy atom. The number of hydrogen-bond acceptors (Lipinski definition) is 1. The first-order chi connectivity index (χ1) is 28.0. The second kappa shape index (κ2) is 13.3. The van der Waals surface area contributed by atoms with E-state index in [0.717, 1.165) is 17.1 Å². The van der Waals surface area contributed by atoms with Gasteiger partial charge in [-0.15, -0.1) is 0 Å². The lowest BCUT2D eigenvalue weighted by atomic mass is 9.69. The zero-order chi connectivity index (χ0) is 39.8. The Balaban J connectivity index is 1.21. The molecule has 1 nitrogen and oxygen atoms in total. The maximum atomic E-state index is 2.53. The van der Waals surface area contributed by atoms with Gasteiger partial charge in [0.2, 0.25) is 0 Å². The lowest BCUT2D eigenvalue weighted by Crippen LogP contribution is -2.27. The van der Waals surface area contributed by atoms with Gasteiger partial charge in [0.05, 0.1) is 5.41 Å². The molecule has 1 heteroatoms. The normalized spacial score (nSPS) is 13.5. The van der Waals surface area contributed by atoms with E-state index < -0.39 is 5.41 Å². The number of benzene rings is 8.